The predicted molar refractivity (Wildman–Crippen MR) is 84.4 cm³/mol. The molecule has 0 fully saturated rings. The van der Waals surface area contributed by atoms with Gasteiger partial charge in [-0.15, -0.1) is 0 Å². The number of benzene rings is 1. The highest BCUT2D eigenvalue weighted by atomic mass is 16.3. The van der Waals surface area contributed by atoms with Gasteiger partial charge in [0, 0.05) is 35.9 Å². The first kappa shape index (κ1) is 16.8. The van der Waals surface area contributed by atoms with Crippen LogP contribution in [0.3, 0.4) is 0 Å². The van der Waals surface area contributed by atoms with Gasteiger partial charge in [-0.3, -0.25) is 0 Å². The van der Waals surface area contributed by atoms with Crippen molar-refractivity contribution in [3.05, 3.63) is 23.8 Å². The monoisotopic (exact) mass is 280 g/mol. The van der Waals surface area contributed by atoms with Gasteiger partial charge in [-0.2, -0.15) is 0 Å². The molecule has 0 aliphatic rings. The molecule has 1 atom stereocenters. The Morgan fingerprint density at radius 3 is 2.45 bits per heavy atom. The van der Waals surface area contributed by atoms with Crippen LogP contribution in [0.4, 0.5) is 5.69 Å². The van der Waals surface area contributed by atoms with Gasteiger partial charge in [0.05, 0.1) is 6.61 Å². The molecule has 0 aliphatic carbocycles. The van der Waals surface area contributed by atoms with Crippen LogP contribution in [0.2, 0.25) is 0 Å². The standard InChI is InChI=1S/C16H28N2O2/c1-5-8-17-13(4)15-7-6-14(11-16(15)20)18(9-10-19)12(2)3/h6-7,11-13,17,19-20H,5,8-10H2,1-4H3. The summed E-state index contributed by atoms with van der Waals surface area (Å²) in [7, 11) is 0. The van der Waals surface area contributed by atoms with Crippen LogP contribution in [0.5, 0.6) is 5.75 Å². The molecule has 0 aromatic heterocycles. The van der Waals surface area contributed by atoms with Gasteiger partial charge >= 0.3 is 0 Å². The zero-order valence-electron chi connectivity index (χ0n) is 13.1. The van der Waals surface area contributed by atoms with Crippen LogP contribution in [-0.2, 0) is 0 Å². The summed E-state index contributed by atoms with van der Waals surface area (Å²) < 4.78 is 0. The molecule has 1 aromatic rings. The molecule has 0 radical (unpaired) electrons. The fourth-order valence-electron chi connectivity index (χ4n) is 2.34. The van der Waals surface area contributed by atoms with E-state index in [1.165, 1.54) is 0 Å². The minimum atomic E-state index is 0.106. The van der Waals surface area contributed by atoms with Gasteiger partial charge in [-0.25, -0.2) is 0 Å². The molecule has 1 aromatic carbocycles. The Morgan fingerprint density at radius 2 is 1.95 bits per heavy atom. The second kappa shape index (κ2) is 8.12. The Morgan fingerprint density at radius 1 is 1.25 bits per heavy atom. The van der Waals surface area contributed by atoms with Crippen LogP contribution in [-0.4, -0.2) is 36.0 Å². The fourth-order valence-corrected chi connectivity index (χ4v) is 2.34. The largest absolute Gasteiger partial charge is 0.508 e. The molecule has 3 N–H and O–H groups in total. The van der Waals surface area contributed by atoms with Crippen LogP contribution in [0.15, 0.2) is 18.2 Å². The van der Waals surface area contributed by atoms with E-state index in [-0.39, 0.29) is 18.7 Å². The summed E-state index contributed by atoms with van der Waals surface area (Å²) in [4.78, 5) is 2.08. The lowest BCUT2D eigenvalue weighted by Gasteiger charge is -2.29. The van der Waals surface area contributed by atoms with E-state index in [0.717, 1.165) is 24.2 Å². The summed E-state index contributed by atoms with van der Waals surface area (Å²) in [6.07, 6.45) is 1.07. The number of aliphatic hydroxyl groups is 1. The van der Waals surface area contributed by atoms with Crippen LogP contribution in [0.25, 0.3) is 0 Å². The van der Waals surface area contributed by atoms with Gasteiger partial charge in [-0.05, 0) is 39.8 Å². The molecular formula is C16H28N2O2. The second-order valence-electron chi connectivity index (χ2n) is 5.43. The quantitative estimate of drug-likeness (QED) is 0.685. The van der Waals surface area contributed by atoms with Crippen molar-refractivity contribution in [3.8, 4) is 5.75 Å². The molecule has 4 heteroatoms. The van der Waals surface area contributed by atoms with Crippen molar-refractivity contribution in [1.29, 1.82) is 0 Å². The van der Waals surface area contributed by atoms with Gasteiger partial charge in [0.2, 0.25) is 0 Å². The normalized spacial score (nSPS) is 12.7. The maximum Gasteiger partial charge on any atom is 0.122 e. The first-order valence-electron chi connectivity index (χ1n) is 7.45. The highest BCUT2D eigenvalue weighted by Crippen LogP contribution is 2.29. The molecule has 0 aliphatic heterocycles. The Bertz CT molecular complexity index is 407. The minimum absolute atomic E-state index is 0.106. The molecule has 0 saturated heterocycles. The average Bonchev–Trinajstić information content (AvgIpc) is 2.41. The molecule has 114 valence electrons. The number of hydrogen-bond acceptors (Lipinski definition) is 4. The molecule has 0 bridgehead atoms. The van der Waals surface area contributed by atoms with Crippen LogP contribution in [0.1, 0.15) is 45.7 Å². The fraction of sp³-hybridized carbons (Fsp3) is 0.625. The van der Waals surface area contributed by atoms with E-state index in [2.05, 4.69) is 37.9 Å². The van der Waals surface area contributed by atoms with E-state index >= 15 is 0 Å². The Hall–Kier alpha value is -1.26. The van der Waals surface area contributed by atoms with Crippen molar-refractivity contribution in [1.82, 2.24) is 5.32 Å². The zero-order valence-corrected chi connectivity index (χ0v) is 13.1. The number of aromatic hydroxyl groups is 1. The topological polar surface area (TPSA) is 55.7 Å². The molecule has 20 heavy (non-hydrogen) atoms. The third-order valence-electron chi connectivity index (χ3n) is 3.48. The highest BCUT2D eigenvalue weighted by Gasteiger charge is 2.14. The number of phenols is 1. The summed E-state index contributed by atoms with van der Waals surface area (Å²) in [5.41, 5.74) is 1.85. The number of rotatable bonds is 8. The number of anilines is 1. The smallest absolute Gasteiger partial charge is 0.122 e. The number of nitrogens with zero attached hydrogens (tertiary/aromatic N) is 1. The van der Waals surface area contributed by atoms with E-state index in [0.29, 0.717) is 12.3 Å². The van der Waals surface area contributed by atoms with Crippen molar-refractivity contribution in [2.24, 2.45) is 0 Å². The van der Waals surface area contributed by atoms with Crippen molar-refractivity contribution in [2.45, 2.75) is 46.2 Å². The average molecular weight is 280 g/mol. The summed E-state index contributed by atoms with van der Waals surface area (Å²) in [6.45, 7) is 9.94. The third-order valence-corrected chi connectivity index (χ3v) is 3.48. The summed E-state index contributed by atoms with van der Waals surface area (Å²) in [5.74, 6) is 0.308. The SMILES string of the molecule is CCCNC(C)c1ccc(N(CCO)C(C)C)cc1O. The Kier molecular flexibility index (Phi) is 6.82. The van der Waals surface area contributed by atoms with E-state index < -0.39 is 0 Å². The maximum absolute atomic E-state index is 10.2. The number of hydrogen-bond donors (Lipinski definition) is 3. The lowest BCUT2D eigenvalue weighted by atomic mass is 10.1. The molecule has 0 amide bonds. The van der Waals surface area contributed by atoms with Gasteiger partial charge in [0.25, 0.3) is 0 Å². The summed E-state index contributed by atoms with van der Waals surface area (Å²) >= 11 is 0. The number of nitrogens with one attached hydrogen (secondary N) is 1. The van der Waals surface area contributed by atoms with Gasteiger partial charge in [-0.1, -0.05) is 13.0 Å². The number of aliphatic hydroxyl groups excluding tert-OH is 1. The van der Waals surface area contributed by atoms with Gasteiger partial charge in [0.15, 0.2) is 0 Å². The molecule has 0 spiro atoms. The van der Waals surface area contributed by atoms with E-state index in [4.69, 9.17) is 5.11 Å². The zero-order chi connectivity index (χ0) is 15.1. The molecule has 1 unspecified atom stereocenters. The third kappa shape index (κ3) is 4.39. The molecule has 4 nitrogen and oxygen atoms in total. The van der Waals surface area contributed by atoms with Crippen LogP contribution in [0, 0.1) is 0 Å². The maximum atomic E-state index is 10.2. The van der Waals surface area contributed by atoms with E-state index in [1.54, 1.807) is 6.07 Å². The first-order valence-corrected chi connectivity index (χ1v) is 7.45. The van der Waals surface area contributed by atoms with Crippen molar-refractivity contribution in [3.63, 3.8) is 0 Å². The van der Waals surface area contributed by atoms with E-state index in [9.17, 15) is 5.11 Å². The number of phenolic OH excluding ortho intramolecular Hbond substituents is 1. The van der Waals surface area contributed by atoms with E-state index in [1.807, 2.05) is 12.1 Å². The highest BCUT2D eigenvalue weighted by molar-refractivity contribution is 5.54. The molecule has 1 rings (SSSR count). The Balaban J connectivity index is 2.91. The predicted octanol–water partition coefficient (Wildman–Crippen LogP) is 2.66. The van der Waals surface area contributed by atoms with Gasteiger partial charge < -0.3 is 20.4 Å². The first-order chi connectivity index (χ1) is 9.51. The molecule has 0 heterocycles. The minimum Gasteiger partial charge on any atom is -0.508 e. The van der Waals surface area contributed by atoms with Crippen molar-refractivity contribution in [2.75, 3.05) is 24.6 Å². The lowest BCUT2D eigenvalue weighted by Crippen LogP contribution is -2.33. The van der Waals surface area contributed by atoms with Crippen molar-refractivity contribution >= 4 is 5.69 Å². The van der Waals surface area contributed by atoms with Crippen LogP contribution >= 0.6 is 0 Å². The summed E-state index contributed by atoms with van der Waals surface area (Å²) in [6, 6.07) is 6.17. The molecular weight excluding hydrogens is 252 g/mol. The lowest BCUT2D eigenvalue weighted by molar-refractivity contribution is 0.299. The molecule has 0 saturated carbocycles. The Labute approximate surface area is 122 Å². The second-order valence-corrected chi connectivity index (χ2v) is 5.43. The summed E-state index contributed by atoms with van der Waals surface area (Å²) in [5, 5.41) is 22.7. The van der Waals surface area contributed by atoms with Crippen molar-refractivity contribution < 1.29 is 10.2 Å². The van der Waals surface area contributed by atoms with Gasteiger partial charge in [0.1, 0.15) is 5.75 Å². The van der Waals surface area contributed by atoms with Crippen LogP contribution < -0.4 is 10.2 Å².